The summed E-state index contributed by atoms with van der Waals surface area (Å²) in [5.74, 6) is 0.276. The molecule has 1 unspecified atom stereocenters. The van der Waals surface area contributed by atoms with E-state index in [9.17, 15) is 10.1 Å². The first-order chi connectivity index (χ1) is 8.54. The van der Waals surface area contributed by atoms with Gasteiger partial charge in [0.2, 0.25) is 0 Å². The number of nitrogens with zero attached hydrogens (tertiary/aromatic N) is 1. The zero-order valence-electron chi connectivity index (χ0n) is 10.2. The molecule has 0 saturated carbocycles. The number of nitrogens with one attached hydrogen (secondary N) is 1. The monoisotopic (exact) mass is 364 g/mol. The Morgan fingerprint density at radius 2 is 2.28 bits per heavy atom. The summed E-state index contributed by atoms with van der Waals surface area (Å²) >= 11 is 2.05. The average molecular weight is 364 g/mol. The number of hydrogen-bond acceptors (Lipinski definition) is 4. The summed E-state index contributed by atoms with van der Waals surface area (Å²) in [6, 6.07) is 5.13. The third-order valence-electron chi connectivity index (χ3n) is 2.66. The van der Waals surface area contributed by atoms with Crippen LogP contribution in [0.15, 0.2) is 18.2 Å². The molecule has 18 heavy (non-hydrogen) atoms. The second kappa shape index (κ2) is 7.52. The van der Waals surface area contributed by atoms with Gasteiger partial charge in [-0.3, -0.25) is 10.1 Å². The Kier molecular flexibility index (Phi) is 6.34. The lowest BCUT2D eigenvalue weighted by Gasteiger charge is -2.09. The van der Waals surface area contributed by atoms with E-state index in [2.05, 4.69) is 27.9 Å². The number of halogens is 1. The Bertz CT molecular complexity index is 412. The standard InChI is InChI=1S/C12H17IN2O3/c1-9(8-16)3-2-6-14-11-5-4-10(13)7-12(11)15(17)18/h4-5,7,9,14,16H,2-3,6,8H2,1H3. The number of nitro groups is 1. The van der Waals surface area contributed by atoms with Crippen molar-refractivity contribution in [3.05, 3.63) is 31.9 Å². The van der Waals surface area contributed by atoms with Crippen LogP contribution in [0.1, 0.15) is 19.8 Å². The van der Waals surface area contributed by atoms with Gasteiger partial charge < -0.3 is 10.4 Å². The minimum atomic E-state index is -0.374. The molecule has 2 N–H and O–H groups in total. The molecule has 1 aromatic carbocycles. The van der Waals surface area contributed by atoms with E-state index >= 15 is 0 Å². The third-order valence-corrected chi connectivity index (χ3v) is 3.33. The number of aliphatic hydroxyl groups excluding tert-OH is 1. The molecule has 1 aromatic rings. The highest BCUT2D eigenvalue weighted by Gasteiger charge is 2.13. The number of rotatable bonds is 7. The lowest BCUT2D eigenvalue weighted by molar-refractivity contribution is -0.384. The van der Waals surface area contributed by atoms with Crippen molar-refractivity contribution in [3.63, 3.8) is 0 Å². The summed E-state index contributed by atoms with van der Waals surface area (Å²) < 4.78 is 0.846. The fraction of sp³-hybridized carbons (Fsp3) is 0.500. The third kappa shape index (κ3) is 4.77. The minimum Gasteiger partial charge on any atom is -0.396 e. The molecule has 100 valence electrons. The van der Waals surface area contributed by atoms with Crippen molar-refractivity contribution in [2.75, 3.05) is 18.5 Å². The Morgan fingerprint density at radius 1 is 1.56 bits per heavy atom. The summed E-state index contributed by atoms with van der Waals surface area (Å²) in [6.45, 7) is 2.84. The van der Waals surface area contributed by atoms with Crippen LogP contribution in [0.4, 0.5) is 11.4 Å². The molecule has 0 aliphatic rings. The molecule has 0 fully saturated rings. The van der Waals surface area contributed by atoms with Gasteiger partial charge in [0.15, 0.2) is 0 Å². The average Bonchev–Trinajstić information content (AvgIpc) is 2.35. The van der Waals surface area contributed by atoms with E-state index in [0.29, 0.717) is 12.2 Å². The van der Waals surface area contributed by atoms with E-state index < -0.39 is 0 Å². The van der Waals surface area contributed by atoms with Gasteiger partial charge in [-0.2, -0.15) is 0 Å². The molecular formula is C12H17IN2O3. The van der Waals surface area contributed by atoms with Crippen molar-refractivity contribution in [2.24, 2.45) is 5.92 Å². The van der Waals surface area contributed by atoms with Crippen molar-refractivity contribution < 1.29 is 10.0 Å². The van der Waals surface area contributed by atoms with Crippen LogP contribution in [-0.2, 0) is 0 Å². The molecule has 1 rings (SSSR count). The predicted molar refractivity (Wildman–Crippen MR) is 79.8 cm³/mol. The highest BCUT2D eigenvalue weighted by atomic mass is 127. The lowest BCUT2D eigenvalue weighted by Crippen LogP contribution is -2.07. The topological polar surface area (TPSA) is 75.4 Å². The predicted octanol–water partition coefficient (Wildman–Crippen LogP) is 3.02. The molecule has 0 saturated heterocycles. The molecule has 0 aromatic heterocycles. The van der Waals surface area contributed by atoms with Gasteiger partial charge in [0.1, 0.15) is 5.69 Å². The summed E-state index contributed by atoms with van der Waals surface area (Å²) in [6.07, 6.45) is 1.78. The van der Waals surface area contributed by atoms with E-state index in [0.717, 1.165) is 16.4 Å². The minimum absolute atomic E-state index is 0.108. The van der Waals surface area contributed by atoms with Crippen LogP contribution in [0.25, 0.3) is 0 Å². The molecule has 0 heterocycles. The zero-order valence-corrected chi connectivity index (χ0v) is 12.4. The van der Waals surface area contributed by atoms with Crippen molar-refractivity contribution in [2.45, 2.75) is 19.8 Å². The lowest BCUT2D eigenvalue weighted by atomic mass is 10.1. The Morgan fingerprint density at radius 3 is 2.89 bits per heavy atom. The molecule has 5 nitrogen and oxygen atoms in total. The molecule has 0 aliphatic heterocycles. The highest BCUT2D eigenvalue weighted by Crippen LogP contribution is 2.26. The maximum absolute atomic E-state index is 10.9. The van der Waals surface area contributed by atoms with E-state index in [4.69, 9.17) is 5.11 Å². The second-order valence-corrected chi connectivity index (χ2v) is 5.52. The molecule has 0 spiro atoms. The fourth-order valence-electron chi connectivity index (χ4n) is 1.57. The molecule has 1 atom stereocenters. The molecular weight excluding hydrogens is 347 g/mol. The van der Waals surface area contributed by atoms with Gasteiger partial charge in [-0.05, 0) is 53.5 Å². The smallest absolute Gasteiger partial charge is 0.293 e. The van der Waals surface area contributed by atoms with E-state index in [1.807, 2.05) is 13.0 Å². The van der Waals surface area contributed by atoms with Crippen LogP contribution < -0.4 is 5.32 Å². The summed E-state index contributed by atoms with van der Waals surface area (Å²) in [7, 11) is 0. The van der Waals surface area contributed by atoms with Crippen LogP contribution in [0, 0.1) is 19.6 Å². The molecule has 6 heteroatoms. The van der Waals surface area contributed by atoms with Gasteiger partial charge in [0, 0.05) is 22.8 Å². The summed E-state index contributed by atoms with van der Waals surface area (Å²) in [4.78, 5) is 10.5. The highest BCUT2D eigenvalue weighted by molar-refractivity contribution is 14.1. The van der Waals surface area contributed by atoms with Crippen molar-refractivity contribution in [1.82, 2.24) is 0 Å². The van der Waals surface area contributed by atoms with Gasteiger partial charge >= 0.3 is 0 Å². The summed E-state index contributed by atoms with van der Waals surface area (Å²) in [5, 5.41) is 22.9. The van der Waals surface area contributed by atoms with E-state index in [-0.39, 0.29) is 23.1 Å². The van der Waals surface area contributed by atoms with E-state index in [1.54, 1.807) is 12.1 Å². The van der Waals surface area contributed by atoms with Crippen molar-refractivity contribution in [3.8, 4) is 0 Å². The van der Waals surface area contributed by atoms with Crippen LogP contribution >= 0.6 is 22.6 Å². The van der Waals surface area contributed by atoms with E-state index in [1.165, 1.54) is 0 Å². The number of anilines is 1. The van der Waals surface area contributed by atoms with Gasteiger partial charge in [-0.15, -0.1) is 0 Å². The van der Waals surface area contributed by atoms with Crippen molar-refractivity contribution >= 4 is 34.0 Å². The maximum atomic E-state index is 10.9. The van der Waals surface area contributed by atoms with Gasteiger partial charge in [0.25, 0.3) is 5.69 Å². The summed E-state index contributed by atoms with van der Waals surface area (Å²) in [5.41, 5.74) is 0.661. The maximum Gasteiger partial charge on any atom is 0.293 e. The zero-order chi connectivity index (χ0) is 13.5. The first-order valence-electron chi connectivity index (χ1n) is 5.83. The molecule has 0 amide bonds. The largest absolute Gasteiger partial charge is 0.396 e. The van der Waals surface area contributed by atoms with Crippen molar-refractivity contribution in [1.29, 1.82) is 0 Å². The number of hydrogen-bond donors (Lipinski definition) is 2. The SMILES string of the molecule is CC(CO)CCCNc1ccc(I)cc1[N+](=O)[O-]. The first kappa shape index (κ1) is 15.2. The molecule has 0 aliphatic carbocycles. The van der Waals surface area contributed by atoms with Gasteiger partial charge in [-0.1, -0.05) is 6.92 Å². The Hall–Kier alpha value is -0.890. The molecule has 0 radical (unpaired) electrons. The normalized spacial score (nSPS) is 12.2. The van der Waals surface area contributed by atoms with Crippen LogP contribution in [0.2, 0.25) is 0 Å². The van der Waals surface area contributed by atoms with Gasteiger partial charge in [0.05, 0.1) is 4.92 Å². The number of nitro benzene ring substituents is 1. The Balaban J connectivity index is 2.54. The quantitative estimate of drug-likeness (QED) is 0.338. The van der Waals surface area contributed by atoms with Gasteiger partial charge in [-0.25, -0.2) is 0 Å². The van der Waals surface area contributed by atoms with Crippen LogP contribution in [0.5, 0.6) is 0 Å². The van der Waals surface area contributed by atoms with Crippen LogP contribution in [0.3, 0.4) is 0 Å². The van der Waals surface area contributed by atoms with Crippen LogP contribution in [-0.4, -0.2) is 23.2 Å². The molecule has 0 bridgehead atoms. The number of benzene rings is 1. The Labute approximate surface area is 120 Å². The fourth-order valence-corrected chi connectivity index (χ4v) is 2.04. The first-order valence-corrected chi connectivity index (χ1v) is 6.91. The number of aliphatic hydroxyl groups is 1. The second-order valence-electron chi connectivity index (χ2n) is 4.28.